The van der Waals surface area contributed by atoms with Gasteiger partial charge in [0, 0.05) is 17.3 Å². The molecule has 0 aliphatic carbocycles. The third-order valence-corrected chi connectivity index (χ3v) is 7.41. The molecule has 15 nitrogen and oxygen atoms in total. The number of nitrogens with zero attached hydrogens (tertiary/aromatic N) is 3. The number of esters is 1. The van der Waals surface area contributed by atoms with E-state index in [0.717, 1.165) is 5.56 Å². The van der Waals surface area contributed by atoms with Crippen LogP contribution in [0.4, 0.5) is 10.5 Å². The topological polar surface area (TPSA) is 207 Å². The largest absolute Gasteiger partial charge is 0.490 e. The summed E-state index contributed by atoms with van der Waals surface area (Å²) in [6, 6.07) is 15.1. The number of carbonyl (C=O) groups is 2. The number of nitriles is 1. The van der Waals surface area contributed by atoms with Gasteiger partial charge < -0.3 is 34.7 Å². The molecule has 0 spiro atoms. The van der Waals surface area contributed by atoms with Crippen molar-refractivity contribution in [2.75, 3.05) is 20.3 Å². The molecule has 0 saturated carbocycles. The lowest BCUT2D eigenvalue weighted by Crippen LogP contribution is -2.45. The summed E-state index contributed by atoms with van der Waals surface area (Å²) in [7, 11) is 1.25. The number of benzene rings is 3. The van der Waals surface area contributed by atoms with Crippen molar-refractivity contribution < 1.29 is 38.6 Å². The van der Waals surface area contributed by atoms with Gasteiger partial charge in [-0.3, -0.25) is 15.5 Å². The zero-order valence-corrected chi connectivity index (χ0v) is 27.6. The number of allylic oxidation sites excluding steroid dienone is 1. The highest BCUT2D eigenvalue weighted by Crippen LogP contribution is 2.37. The fourth-order valence-electron chi connectivity index (χ4n) is 4.60. The number of nitrogens with one attached hydrogen (secondary N) is 3. The third-order valence-electron chi connectivity index (χ3n) is 6.82. The highest BCUT2D eigenvalue weighted by molar-refractivity contribution is 9.10. The Kier molecular flexibility index (Phi) is 11.9. The molecule has 16 heteroatoms. The Morgan fingerprint density at radius 3 is 2.60 bits per heavy atom. The van der Waals surface area contributed by atoms with Crippen LogP contribution in [0, 0.1) is 21.4 Å². The zero-order valence-electron chi connectivity index (χ0n) is 26.0. The maximum atomic E-state index is 12.5. The number of halogens is 1. The molecule has 1 heterocycles. The van der Waals surface area contributed by atoms with Gasteiger partial charge in [0.1, 0.15) is 13.2 Å². The normalized spacial score (nSPS) is 14.8. The minimum atomic E-state index is -1.29. The van der Waals surface area contributed by atoms with Gasteiger partial charge in [0.2, 0.25) is 5.75 Å². The van der Waals surface area contributed by atoms with Crippen LogP contribution in [0.25, 0.3) is 0 Å². The molecule has 1 aliphatic rings. The first kappa shape index (κ1) is 35.2. The molecule has 2 amide bonds. The Balaban J connectivity index is 1.40. The average Bonchev–Trinajstić information content (AvgIpc) is 3.06. The SMILES string of the molecule is CCOc1cc([C@H]2NC(=O)NC(C)=C2C(=O)OC)ccc1OC[C@@H](O)N/N=C/c1cc(Br)c(OCc2ccc(C#N)cc2)c([N+](=O)[O-])c1. The lowest BCUT2D eigenvalue weighted by atomic mass is 9.95. The lowest BCUT2D eigenvalue weighted by Gasteiger charge is -2.28. The quantitative estimate of drug-likeness (QED) is 0.0606. The number of carbonyl (C=O) groups excluding carboxylic acids is 2. The highest BCUT2D eigenvalue weighted by atomic mass is 79.9. The number of methoxy groups -OCH3 is 1. The van der Waals surface area contributed by atoms with E-state index in [1.165, 1.54) is 19.4 Å². The van der Waals surface area contributed by atoms with Gasteiger partial charge in [0.05, 0.1) is 52.6 Å². The summed E-state index contributed by atoms with van der Waals surface area (Å²) in [6.07, 6.45) is -0.00266. The predicted molar refractivity (Wildman–Crippen MR) is 175 cm³/mol. The summed E-state index contributed by atoms with van der Waals surface area (Å²) in [5, 5.41) is 40.4. The maximum Gasteiger partial charge on any atom is 0.337 e. The molecule has 3 aromatic carbocycles. The smallest absolute Gasteiger partial charge is 0.337 e. The number of rotatable bonds is 14. The van der Waals surface area contributed by atoms with E-state index < -0.39 is 29.2 Å². The summed E-state index contributed by atoms with van der Waals surface area (Å²) in [6.45, 7) is 3.43. The summed E-state index contributed by atoms with van der Waals surface area (Å²) in [4.78, 5) is 35.8. The van der Waals surface area contributed by atoms with E-state index in [2.05, 4.69) is 37.1 Å². The molecule has 48 heavy (non-hydrogen) atoms. The summed E-state index contributed by atoms with van der Waals surface area (Å²) in [5.41, 5.74) is 4.87. The number of urea groups is 1. The van der Waals surface area contributed by atoms with E-state index in [1.54, 1.807) is 62.4 Å². The number of hydrogen-bond donors (Lipinski definition) is 4. The van der Waals surface area contributed by atoms with E-state index in [9.17, 15) is 24.8 Å². The summed E-state index contributed by atoms with van der Waals surface area (Å²) in [5.74, 6) is -0.000588. The second-order valence-electron chi connectivity index (χ2n) is 10.1. The average molecular weight is 724 g/mol. The number of ether oxygens (including phenoxy) is 4. The molecule has 0 unspecified atom stereocenters. The van der Waals surface area contributed by atoms with E-state index in [1.807, 2.05) is 6.07 Å². The van der Waals surface area contributed by atoms with Gasteiger partial charge in [-0.15, -0.1) is 0 Å². The standard InChI is InChI=1S/C32H31BrN6O9/c1-4-46-26-13-22(29-28(31(41)45-3)18(2)36-32(42)37-29)9-10-25(26)47-17-27(40)38-35-15-21-11-23(33)30(24(12-21)39(43)44)48-16-20-7-5-19(14-34)6-8-20/h5-13,15,27,29,38,40H,4,16-17H2,1-3H3,(H2,36,37,42)/b35-15+/t27-,29-/m1/s1. The number of hydrazone groups is 1. The molecule has 0 fully saturated rings. The van der Waals surface area contributed by atoms with Crippen molar-refractivity contribution in [3.05, 3.63) is 103 Å². The van der Waals surface area contributed by atoms with Crippen LogP contribution in [0.5, 0.6) is 17.2 Å². The fourth-order valence-corrected chi connectivity index (χ4v) is 5.19. The van der Waals surface area contributed by atoms with Crippen LogP contribution in [0.2, 0.25) is 0 Å². The lowest BCUT2D eigenvalue weighted by molar-refractivity contribution is -0.386. The minimum absolute atomic E-state index is 0.0224. The van der Waals surface area contributed by atoms with Crippen molar-refractivity contribution in [2.24, 2.45) is 5.10 Å². The Labute approximate surface area is 283 Å². The maximum absolute atomic E-state index is 12.5. The van der Waals surface area contributed by atoms with Crippen LogP contribution < -0.4 is 30.3 Å². The van der Waals surface area contributed by atoms with E-state index in [0.29, 0.717) is 32.6 Å². The number of nitro groups is 1. The molecule has 0 saturated heterocycles. The second-order valence-corrected chi connectivity index (χ2v) is 11.0. The first-order valence-corrected chi connectivity index (χ1v) is 15.2. The van der Waals surface area contributed by atoms with Crippen LogP contribution >= 0.6 is 15.9 Å². The molecule has 250 valence electrons. The molecule has 1 aliphatic heterocycles. The van der Waals surface area contributed by atoms with E-state index in [-0.39, 0.29) is 42.6 Å². The number of nitro benzene ring substituents is 1. The van der Waals surface area contributed by atoms with Gasteiger partial charge >= 0.3 is 17.7 Å². The third kappa shape index (κ3) is 8.78. The van der Waals surface area contributed by atoms with Gasteiger partial charge in [-0.2, -0.15) is 10.4 Å². The molecule has 0 radical (unpaired) electrons. The minimum Gasteiger partial charge on any atom is -0.490 e. The first-order valence-electron chi connectivity index (χ1n) is 14.4. The Morgan fingerprint density at radius 1 is 1.19 bits per heavy atom. The summed E-state index contributed by atoms with van der Waals surface area (Å²) >= 11 is 3.32. The van der Waals surface area contributed by atoms with Gasteiger partial charge in [-0.05, 0) is 71.2 Å². The number of aliphatic hydroxyl groups is 1. The Bertz CT molecular complexity index is 1790. The van der Waals surface area contributed by atoms with Crippen LogP contribution in [0.15, 0.2) is 75.4 Å². The molecule has 4 N–H and O–H groups in total. The summed E-state index contributed by atoms with van der Waals surface area (Å²) < 4.78 is 22.4. The van der Waals surface area contributed by atoms with Gasteiger partial charge in [0.25, 0.3) is 0 Å². The van der Waals surface area contributed by atoms with E-state index in [4.69, 9.17) is 24.2 Å². The zero-order chi connectivity index (χ0) is 34.8. The molecule has 0 aromatic heterocycles. The Morgan fingerprint density at radius 2 is 1.94 bits per heavy atom. The van der Waals surface area contributed by atoms with Crippen LogP contribution in [-0.4, -0.2) is 54.8 Å². The number of hydrogen-bond acceptors (Lipinski definition) is 12. The van der Waals surface area contributed by atoms with Gasteiger partial charge in [0.15, 0.2) is 17.7 Å². The van der Waals surface area contributed by atoms with Gasteiger partial charge in [-0.1, -0.05) is 18.2 Å². The molecular weight excluding hydrogens is 692 g/mol. The van der Waals surface area contributed by atoms with Crippen molar-refractivity contribution >= 4 is 39.8 Å². The monoisotopic (exact) mass is 722 g/mol. The molecular formula is C32H31BrN6O9. The van der Waals surface area contributed by atoms with Crippen molar-refractivity contribution in [1.29, 1.82) is 5.26 Å². The van der Waals surface area contributed by atoms with Crippen LogP contribution in [-0.2, 0) is 16.1 Å². The molecule has 4 rings (SSSR count). The van der Waals surface area contributed by atoms with Crippen molar-refractivity contribution in [1.82, 2.24) is 16.1 Å². The van der Waals surface area contributed by atoms with Crippen LogP contribution in [0.3, 0.4) is 0 Å². The molecule has 2 atom stereocenters. The molecule has 0 bridgehead atoms. The predicted octanol–water partition coefficient (Wildman–Crippen LogP) is 4.33. The number of aliphatic hydroxyl groups excluding tert-OH is 1. The first-order chi connectivity index (χ1) is 23.0. The van der Waals surface area contributed by atoms with Crippen molar-refractivity contribution in [3.8, 4) is 23.3 Å². The Hall–Kier alpha value is -5.66. The molecule has 3 aromatic rings. The van der Waals surface area contributed by atoms with Crippen LogP contribution in [0.1, 0.15) is 42.1 Å². The second kappa shape index (κ2) is 16.3. The highest BCUT2D eigenvalue weighted by Gasteiger charge is 2.32. The van der Waals surface area contributed by atoms with E-state index >= 15 is 0 Å². The van der Waals surface area contributed by atoms with Gasteiger partial charge in [-0.25, -0.2) is 9.59 Å². The van der Waals surface area contributed by atoms with Crippen molar-refractivity contribution in [2.45, 2.75) is 32.7 Å². The fraction of sp³-hybridized carbons (Fsp3) is 0.250. The number of amides is 2. The van der Waals surface area contributed by atoms with Crippen molar-refractivity contribution in [3.63, 3.8) is 0 Å².